The van der Waals surface area contributed by atoms with Gasteiger partial charge in [-0.25, -0.2) is 9.83 Å². The summed E-state index contributed by atoms with van der Waals surface area (Å²) in [6.07, 6.45) is 8.17. The lowest BCUT2D eigenvalue weighted by molar-refractivity contribution is -0.133. The number of benzene rings is 1. The Bertz CT molecular complexity index is 1630. The van der Waals surface area contributed by atoms with Crippen LogP contribution in [0.15, 0.2) is 61.2 Å². The van der Waals surface area contributed by atoms with Gasteiger partial charge in [0.05, 0.1) is 24.7 Å². The number of amides is 1. The van der Waals surface area contributed by atoms with Gasteiger partial charge in [0.15, 0.2) is 12.4 Å². The van der Waals surface area contributed by atoms with Crippen LogP contribution in [0.2, 0.25) is 5.02 Å². The number of carbonyl (C=O) groups excluding carboxylic acids is 1. The molecule has 5 heterocycles. The fourth-order valence-electron chi connectivity index (χ4n) is 4.86. The Labute approximate surface area is 242 Å². The maximum absolute atomic E-state index is 13.1. The summed E-state index contributed by atoms with van der Waals surface area (Å²) in [5, 5.41) is 6.84. The van der Waals surface area contributed by atoms with Gasteiger partial charge in [-0.3, -0.25) is 14.8 Å². The van der Waals surface area contributed by atoms with Crippen molar-refractivity contribution in [2.45, 2.75) is 12.8 Å². The van der Waals surface area contributed by atoms with Crippen LogP contribution in [0, 0.1) is 6.57 Å². The molecule has 0 unspecified atom stereocenters. The molecule has 0 radical (unpaired) electrons. The first kappa shape index (κ1) is 26.3. The number of aromatic nitrogens is 4. The van der Waals surface area contributed by atoms with Gasteiger partial charge < -0.3 is 25.2 Å². The van der Waals surface area contributed by atoms with Gasteiger partial charge >= 0.3 is 0 Å². The van der Waals surface area contributed by atoms with Gasteiger partial charge in [0.2, 0.25) is 11.6 Å². The zero-order valence-corrected chi connectivity index (χ0v) is 22.8. The van der Waals surface area contributed by atoms with Crippen molar-refractivity contribution in [3.8, 4) is 5.75 Å². The lowest BCUT2D eigenvalue weighted by Gasteiger charge is -2.35. The summed E-state index contributed by atoms with van der Waals surface area (Å²) in [7, 11) is 0. The number of halogens is 1. The van der Waals surface area contributed by atoms with Gasteiger partial charge in [0.25, 0.3) is 5.91 Å². The molecule has 1 saturated heterocycles. The predicted octanol–water partition coefficient (Wildman–Crippen LogP) is 4.78. The van der Waals surface area contributed by atoms with E-state index in [4.69, 9.17) is 22.9 Å². The molecular formula is C29H26ClN9O2. The van der Waals surface area contributed by atoms with Crippen molar-refractivity contribution in [1.82, 2.24) is 24.8 Å². The molecule has 1 amide bonds. The number of rotatable bonds is 4. The molecule has 0 aliphatic carbocycles. The number of hydrogen-bond donors (Lipinski definition) is 2. The molecule has 3 aromatic heterocycles. The Morgan fingerprint density at radius 1 is 1.02 bits per heavy atom. The van der Waals surface area contributed by atoms with Crippen molar-refractivity contribution in [3.05, 3.63) is 88.8 Å². The van der Waals surface area contributed by atoms with E-state index < -0.39 is 0 Å². The molecular weight excluding hydrogens is 542 g/mol. The average molecular weight is 568 g/mol. The zero-order chi connectivity index (χ0) is 28.2. The molecule has 6 bridgehead atoms. The summed E-state index contributed by atoms with van der Waals surface area (Å²) in [4.78, 5) is 38.0. The maximum atomic E-state index is 13.1. The summed E-state index contributed by atoms with van der Waals surface area (Å²) >= 11 is 6.37. The Morgan fingerprint density at radius 3 is 2.76 bits per heavy atom. The fraction of sp³-hybridized carbons (Fsp3) is 0.241. The first-order valence-electron chi connectivity index (χ1n) is 13.2. The van der Waals surface area contributed by atoms with Crippen LogP contribution in [0.5, 0.6) is 5.75 Å². The lowest BCUT2D eigenvalue weighted by Crippen LogP contribution is -2.50. The standard InChI is InChI=1S/C29H26ClN9O2/c1-31-24-3-2-8-33-28(24)39-11-9-38(10-12-39)26(40)18-41-25-7-6-21-14-20(25)5-4-19-13-22(16-32-15-19)36-29-34-17-23(30)27(35-21)37-29/h2-3,6-8,13-17H,4-5,9-12,18H2,(H2,34,35,36,37). The smallest absolute Gasteiger partial charge is 0.260 e. The van der Waals surface area contributed by atoms with Crippen LogP contribution < -0.4 is 20.3 Å². The number of aryl methyl sites for hydroxylation is 2. The predicted molar refractivity (Wildman–Crippen MR) is 156 cm³/mol. The van der Waals surface area contributed by atoms with Crippen molar-refractivity contribution < 1.29 is 9.53 Å². The quantitative estimate of drug-likeness (QED) is 0.336. The third-order valence-corrected chi connectivity index (χ3v) is 7.25. The first-order valence-corrected chi connectivity index (χ1v) is 13.5. The average Bonchev–Trinajstić information content (AvgIpc) is 3.01. The minimum absolute atomic E-state index is 0.0707. The van der Waals surface area contributed by atoms with Crippen LogP contribution in [0.3, 0.4) is 0 Å². The molecule has 2 aliphatic rings. The molecule has 12 heteroatoms. The number of anilines is 5. The third kappa shape index (κ3) is 5.97. The fourth-order valence-corrected chi connectivity index (χ4v) is 5.00. The van der Waals surface area contributed by atoms with Crippen molar-refractivity contribution >= 4 is 52.2 Å². The van der Waals surface area contributed by atoms with Crippen molar-refractivity contribution in [2.24, 2.45) is 0 Å². The molecule has 0 saturated carbocycles. The van der Waals surface area contributed by atoms with E-state index in [0.29, 0.717) is 66.6 Å². The van der Waals surface area contributed by atoms with Crippen molar-refractivity contribution in [3.63, 3.8) is 0 Å². The molecule has 206 valence electrons. The molecule has 41 heavy (non-hydrogen) atoms. The second-order valence-corrected chi connectivity index (χ2v) is 10.1. The molecule has 4 aromatic rings. The highest BCUT2D eigenvalue weighted by atomic mass is 35.5. The van der Waals surface area contributed by atoms with Gasteiger partial charge in [-0.15, -0.1) is 0 Å². The van der Waals surface area contributed by atoms with Crippen LogP contribution in [0.4, 0.5) is 34.6 Å². The summed E-state index contributed by atoms with van der Waals surface area (Å²) in [6.45, 7) is 9.59. The van der Waals surface area contributed by atoms with Crippen LogP contribution >= 0.6 is 11.6 Å². The number of ether oxygens (including phenoxy) is 1. The molecule has 0 atom stereocenters. The Morgan fingerprint density at radius 2 is 1.90 bits per heavy atom. The number of piperazine rings is 1. The van der Waals surface area contributed by atoms with E-state index in [-0.39, 0.29) is 12.5 Å². The Hall–Kier alpha value is -4.95. The number of pyridine rings is 2. The first-order chi connectivity index (χ1) is 20.1. The third-order valence-electron chi connectivity index (χ3n) is 6.97. The van der Waals surface area contributed by atoms with E-state index in [1.807, 2.05) is 35.4 Å². The molecule has 0 spiro atoms. The molecule has 2 aliphatic heterocycles. The highest BCUT2D eigenvalue weighted by Crippen LogP contribution is 2.31. The number of carbonyl (C=O) groups is 1. The number of hydrogen-bond acceptors (Lipinski definition) is 9. The molecule has 1 fully saturated rings. The number of nitrogens with one attached hydrogen (secondary N) is 2. The largest absolute Gasteiger partial charge is 0.483 e. The second-order valence-electron chi connectivity index (χ2n) is 9.66. The number of fused-ring (bicyclic) bond motifs is 6. The van der Waals surface area contributed by atoms with E-state index in [2.05, 4.69) is 35.4 Å². The lowest BCUT2D eigenvalue weighted by atomic mass is 10.0. The minimum atomic E-state index is -0.0848. The van der Waals surface area contributed by atoms with Crippen LogP contribution in [-0.2, 0) is 17.6 Å². The van der Waals surface area contributed by atoms with Gasteiger partial charge in [-0.1, -0.05) is 23.7 Å². The molecule has 2 N–H and O–H groups in total. The SMILES string of the molecule is [C-]#[N+]c1cccnc1N1CCN(C(=O)COc2ccc3cc2CCc2cncc(c2)Nc2ncc(Cl)c(n2)N3)CC1. The summed E-state index contributed by atoms with van der Waals surface area (Å²) in [5.41, 5.74) is 4.06. The minimum Gasteiger partial charge on any atom is -0.483 e. The Kier molecular flexibility index (Phi) is 7.47. The van der Waals surface area contributed by atoms with E-state index in [0.717, 1.165) is 28.9 Å². The topological polar surface area (TPSA) is 113 Å². The van der Waals surface area contributed by atoms with Gasteiger partial charge in [-0.05, 0) is 48.2 Å². The van der Waals surface area contributed by atoms with E-state index in [1.165, 1.54) is 0 Å². The second kappa shape index (κ2) is 11.7. The van der Waals surface area contributed by atoms with Crippen LogP contribution in [0.25, 0.3) is 4.85 Å². The van der Waals surface area contributed by atoms with Crippen molar-refractivity contribution in [1.29, 1.82) is 0 Å². The highest BCUT2D eigenvalue weighted by molar-refractivity contribution is 6.32. The van der Waals surface area contributed by atoms with Crippen LogP contribution in [0.1, 0.15) is 11.1 Å². The van der Waals surface area contributed by atoms with Gasteiger partial charge in [-0.2, -0.15) is 4.98 Å². The monoisotopic (exact) mass is 567 g/mol. The zero-order valence-electron chi connectivity index (χ0n) is 22.0. The summed E-state index contributed by atoms with van der Waals surface area (Å²) in [5.74, 6) is 2.09. The highest BCUT2D eigenvalue weighted by Gasteiger charge is 2.24. The van der Waals surface area contributed by atoms with E-state index >= 15 is 0 Å². The molecule has 6 rings (SSSR count). The normalized spacial score (nSPS) is 14.3. The van der Waals surface area contributed by atoms with Crippen molar-refractivity contribution in [2.75, 3.05) is 48.3 Å². The molecule has 1 aromatic carbocycles. The summed E-state index contributed by atoms with van der Waals surface area (Å²) in [6, 6.07) is 11.2. The van der Waals surface area contributed by atoms with Gasteiger partial charge in [0.1, 0.15) is 16.6 Å². The summed E-state index contributed by atoms with van der Waals surface area (Å²) < 4.78 is 6.09. The maximum Gasteiger partial charge on any atom is 0.260 e. The van der Waals surface area contributed by atoms with Gasteiger partial charge in [0, 0.05) is 44.3 Å². The Balaban J connectivity index is 1.16. The van der Waals surface area contributed by atoms with Crippen LogP contribution in [-0.4, -0.2) is 63.5 Å². The van der Waals surface area contributed by atoms with E-state index in [1.54, 1.807) is 35.6 Å². The molecule has 11 nitrogen and oxygen atoms in total. The number of nitrogens with zero attached hydrogens (tertiary/aromatic N) is 7. The van der Waals surface area contributed by atoms with E-state index in [9.17, 15) is 4.79 Å².